The Kier molecular flexibility index (Phi) is 5.84. The van der Waals surface area contributed by atoms with Crippen molar-refractivity contribution in [2.75, 3.05) is 11.9 Å². The molecule has 5 nitrogen and oxygen atoms in total. The number of aliphatic hydroxyl groups is 1. The van der Waals surface area contributed by atoms with E-state index in [-0.39, 0.29) is 12.5 Å². The van der Waals surface area contributed by atoms with Gasteiger partial charge in [-0.3, -0.25) is 4.79 Å². The molecule has 6 heteroatoms. The Labute approximate surface area is 162 Å². The molecule has 1 aromatic heterocycles. The summed E-state index contributed by atoms with van der Waals surface area (Å²) in [7, 11) is 0. The second-order valence-electron chi connectivity index (χ2n) is 5.99. The Morgan fingerprint density at radius 2 is 2.00 bits per heavy atom. The Bertz CT molecular complexity index is 965. The van der Waals surface area contributed by atoms with Crippen LogP contribution in [0.3, 0.4) is 0 Å². The zero-order valence-corrected chi connectivity index (χ0v) is 15.8. The Hall–Kier alpha value is -2.76. The molecule has 0 saturated carbocycles. The van der Waals surface area contributed by atoms with Gasteiger partial charge in [-0.05, 0) is 67.9 Å². The normalized spacial score (nSPS) is 10.7. The number of carbonyl (C=O) groups excluding carboxylic acids is 1. The van der Waals surface area contributed by atoms with E-state index in [4.69, 9.17) is 25.9 Å². The van der Waals surface area contributed by atoms with Crippen LogP contribution in [-0.4, -0.2) is 17.6 Å². The highest BCUT2D eigenvalue weighted by Gasteiger charge is 2.12. The number of aryl methyl sites for hydroxylation is 1. The topological polar surface area (TPSA) is 71.7 Å². The molecule has 1 amide bonds. The molecule has 2 aromatic carbocycles. The monoisotopic (exact) mass is 385 g/mol. The molecule has 0 radical (unpaired) electrons. The molecule has 0 aliphatic carbocycles. The van der Waals surface area contributed by atoms with Gasteiger partial charge in [0.1, 0.15) is 23.9 Å². The molecule has 0 fully saturated rings. The quantitative estimate of drug-likeness (QED) is 0.622. The summed E-state index contributed by atoms with van der Waals surface area (Å²) in [6.45, 7) is 4.17. The van der Waals surface area contributed by atoms with Crippen LogP contribution in [0.4, 0.5) is 5.69 Å². The molecule has 27 heavy (non-hydrogen) atoms. The third-order valence-corrected chi connectivity index (χ3v) is 4.36. The lowest BCUT2D eigenvalue weighted by Crippen LogP contribution is -2.12. The van der Waals surface area contributed by atoms with Gasteiger partial charge in [-0.1, -0.05) is 11.6 Å². The summed E-state index contributed by atoms with van der Waals surface area (Å²) >= 11 is 6.15. The first-order valence-electron chi connectivity index (χ1n) is 8.56. The molecule has 3 rings (SSSR count). The predicted molar refractivity (Wildman–Crippen MR) is 105 cm³/mol. The van der Waals surface area contributed by atoms with Gasteiger partial charge < -0.3 is 19.6 Å². The molecule has 0 spiro atoms. The third kappa shape index (κ3) is 4.32. The lowest BCUT2D eigenvalue weighted by atomic mass is 10.1. The smallest absolute Gasteiger partial charge is 0.255 e. The third-order valence-electron chi connectivity index (χ3n) is 4.06. The SMILES string of the molecule is CCOc1ccc(C(=O)Nc2ccc(-c3ccc(CO)o3)c(C)c2)cc1Cl. The van der Waals surface area contributed by atoms with E-state index in [9.17, 15) is 4.79 Å². The Balaban J connectivity index is 1.76. The van der Waals surface area contributed by atoms with Crippen molar-refractivity contribution < 1.29 is 19.1 Å². The van der Waals surface area contributed by atoms with E-state index in [0.29, 0.717) is 40.2 Å². The average Bonchev–Trinajstić information content (AvgIpc) is 3.12. The van der Waals surface area contributed by atoms with Crippen LogP contribution in [0.15, 0.2) is 52.9 Å². The first-order valence-corrected chi connectivity index (χ1v) is 8.94. The number of nitrogens with one attached hydrogen (secondary N) is 1. The van der Waals surface area contributed by atoms with Crippen molar-refractivity contribution in [3.05, 3.63) is 70.4 Å². The van der Waals surface area contributed by atoms with Gasteiger partial charge in [0.25, 0.3) is 5.91 Å². The largest absolute Gasteiger partial charge is 0.492 e. The van der Waals surface area contributed by atoms with Gasteiger partial charge >= 0.3 is 0 Å². The Morgan fingerprint density at radius 1 is 1.19 bits per heavy atom. The number of ether oxygens (including phenoxy) is 1. The van der Waals surface area contributed by atoms with Crippen molar-refractivity contribution in [1.82, 2.24) is 0 Å². The van der Waals surface area contributed by atoms with Gasteiger partial charge in [0, 0.05) is 16.8 Å². The predicted octanol–water partition coefficient (Wildman–Crippen LogP) is 5.05. The summed E-state index contributed by atoms with van der Waals surface area (Å²) in [5, 5.41) is 12.4. The number of rotatable bonds is 6. The van der Waals surface area contributed by atoms with Crippen LogP contribution in [0.5, 0.6) is 5.75 Å². The van der Waals surface area contributed by atoms with Crippen molar-refractivity contribution >= 4 is 23.2 Å². The molecule has 0 saturated heterocycles. The molecule has 0 aliphatic rings. The summed E-state index contributed by atoms with van der Waals surface area (Å²) in [5.41, 5.74) is 2.96. The van der Waals surface area contributed by atoms with E-state index in [1.807, 2.05) is 32.0 Å². The van der Waals surface area contributed by atoms with E-state index in [2.05, 4.69) is 5.32 Å². The molecule has 3 aromatic rings. The van der Waals surface area contributed by atoms with Gasteiger partial charge in [0.05, 0.1) is 11.6 Å². The number of benzene rings is 2. The number of carbonyl (C=O) groups is 1. The molecule has 2 N–H and O–H groups in total. The fourth-order valence-electron chi connectivity index (χ4n) is 2.74. The number of hydrogen-bond donors (Lipinski definition) is 2. The van der Waals surface area contributed by atoms with E-state index < -0.39 is 0 Å². The highest BCUT2D eigenvalue weighted by Crippen LogP contribution is 2.29. The van der Waals surface area contributed by atoms with Crippen LogP contribution in [0.1, 0.15) is 28.6 Å². The van der Waals surface area contributed by atoms with Gasteiger partial charge in [-0.25, -0.2) is 0 Å². The van der Waals surface area contributed by atoms with Crippen LogP contribution in [0.25, 0.3) is 11.3 Å². The van der Waals surface area contributed by atoms with Crippen LogP contribution in [-0.2, 0) is 6.61 Å². The molecular formula is C21H20ClNO4. The van der Waals surface area contributed by atoms with Gasteiger partial charge in [-0.15, -0.1) is 0 Å². The maximum absolute atomic E-state index is 12.5. The number of halogens is 1. The van der Waals surface area contributed by atoms with Gasteiger partial charge in [0.2, 0.25) is 0 Å². The molecule has 0 bridgehead atoms. The summed E-state index contributed by atoms with van der Waals surface area (Å²) in [6, 6.07) is 14.0. The van der Waals surface area contributed by atoms with Crippen LogP contribution >= 0.6 is 11.6 Å². The fraction of sp³-hybridized carbons (Fsp3) is 0.190. The zero-order valence-electron chi connectivity index (χ0n) is 15.1. The van der Waals surface area contributed by atoms with Crippen molar-refractivity contribution in [3.8, 4) is 17.1 Å². The molecule has 1 heterocycles. The molecule has 0 unspecified atom stereocenters. The molecule has 0 atom stereocenters. The van der Waals surface area contributed by atoms with Crippen molar-refractivity contribution in [3.63, 3.8) is 0 Å². The standard InChI is InChI=1S/C21H20ClNO4/c1-3-26-20-8-4-14(11-18(20)22)21(25)23-15-5-7-17(13(2)10-15)19-9-6-16(12-24)27-19/h4-11,24H,3,12H2,1-2H3,(H,23,25). The number of hydrogen-bond acceptors (Lipinski definition) is 4. The first-order chi connectivity index (χ1) is 13.0. The minimum Gasteiger partial charge on any atom is -0.492 e. The van der Waals surface area contributed by atoms with Gasteiger partial charge in [0.15, 0.2) is 0 Å². The maximum Gasteiger partial charge on any atom is 0.255 e. The van der Waals surface area contributed by atoms with Crippen molar-refractivity contribution in [2.24, 2.45) is 0 Å². The maximum atomic E-state index is 12.5. The van der Waals surface area contributed by atoms with E-state index in [1.54, 1.807) is 30.3 Å². The first kappa shape index (κ1) is 19.0. The zero-order chi connectivity index (χ0) is 19.4. The fourth-order valence-corrected chi connectivity index (χ4v) is 2.98. The number of amides is 1. The Morgan fingerprint density at radius 3 is 2.63 bits per heavy atom. The summed E-state index contributed by atoms with van der Waals surface area (Å²) in [6.07, 6.45) is 0. The van der Waals surface area contributed by atoms with E-state index >= 15 is 0 Å². The minimum absolute atomic E-state index is 0.141. The summed E-state index contributed by atoms with van der Waals surface area (Å²) < 4.78 is 11.0. The number of aliphatic hydroxyl groups excluding tert-OH is 1. The minimum atomic E-state index is -0.257. The number of anilines is 1. The van der Waals surface area contributed by atoms with Crippen molar-refractivity contribution in [2.45, 2.75) is 20.5 Å². The summed E-state index contributed by atoms with van der Waals surface area (Å²) in [5.74, 6) is 1.48. The van der Waals surface area contributed by atoms with E-state index in [1.165, 1.54) is 0 Å². The summed E-state index contributed by atoms with van der Waals surface area (Å²) in [4.78, 5) is 12.5. The second kappa shape index (κ2) is 8.29. The van der Waals surface area contributed by atoms with Crippen LogP contribution < -0.4 is 10.1 Å². The highest BCUT2D eigenvalue weighted by molar-refractivity contribution is 6.32. The average molecular weight is 386 g/mol. The van der Waals surface area contributed by atoms with E-state index in [0.717, 1.165) is 11.1 Å². The lowest BCUT2D eigenvalue weighted by molar-refractivity contribution is 0.102. The van der Waals surface area contributed by atoms with Crippen LogP contribution in [0, 0.1) is 6.92 Å². The molecule has 0 aliphatic heterocycles. The second-order valence-corrected chi connectivity index (χ2v) is 6.39. The van der Waals surface area contributed by atoms with Crippen molar-refractivity contribution in [1.29, 1.82) is 0 Å². The molecular weight excluding hydrogens is 366 g/mol. The highest BCUT2D eigenvalue weighted by atomic mass is 35.5. The van der Waals surface area contributed by atoms with Gasteiger partial charge in [-0.2, -0.15) is 0 Å². The van der Waals surface area contributed by atoms with Crippen LogP contribution in [0.2, 0.25) is 5.02 Å². The number of furan rings is 1. The lowest BCUT2D eigenvalue weighted by Gasteiger charge is -2.10. The molecule has 140 valence electrons.